The summed E-state index contributed by atoms with van der Waals surface area (Å²) in [7, 11) is 0. The Labute approximate surface area is 94.8 Å². The van der Waals surface area contributed by atoms with E-state index in [1.165, 1.54) is 24.8 Å². The van der Waals surface area contributed by atoms with Crippen molar-refractivity contribution in [3.63, 3.8) is 0 Å². The van der Waals surface area contributed by atoms with Crippen molar-refractivity contribution in [2.24, 2.45) is 5.92 Å². The molecule has 0 aliphatic heterocycles. The molecular formula is C15H24. The van der Waals surface area contributed by atoms with Crippen molar-refractivity contribution < 1.29 is 0 Å². The Morgan fingerprint density at radius 2 is 1.93 bits per heavy atom. The smallest absolute Gasteiger partial charge is 0.0250 e. The average molecular weight is 204 g/mol. The molecule has 0 heterocycles. The molecule has 0 heteroatoms. The van der Waals surface area contributed by atoms with Gasteiger partial charge in [0.15, 0.2) is 0 Å². The fraction of sp³-hybridized carbons (Fsp3) is 0.600. The van der Waals surface area contributed by atoms with Crippen LogP contribution in [0.1, 0.15) is 52.9 Å². The molecular weight excluding hydrogens is 180 g/mol. The molecule has 0 N–H and O–H groups in total. The van der Waals surface area contributed by atoms with Gasteiger partial charge in [0.1, 0.15) is 0 Å². The van der Waals surface area contributed by atoms with E-state index in [9.17, 15) is 0 Å². The van der Waals surface area contributed by atoms with E-state index in [1.54, 1.807) is 11.1 Å². The molecule has 0 saturated heterocycles. The summed E-state index contributed by atoms with van der Waals surface area (Å²) in [5.41, 5.74) is 4.42. The fourth-order valence-corrected chi connectivity index (χ4v) is 2.04. The lowest BCUT2D eigenvalue weighted by molar-refractivity contribution is 0.674. The summed E-state index contributed by atoms with van der Waals surface area (Å²) in [4.78, 5) is 0. The van der Waals surface area contributed by atoms with E-state index in [4.69, 9.17) is 0 Å². The first-order valence-electron chi connectivity index (χ1n) is 6.13. The minimum absolute atomic E-state index is 0.672. The Balaban J connectivity index is 2.71. The molecule has 0 aromatic carbocycles. The van der Waals surface area contributed by atoms with E-state index in [-0.39, 0.29) is 0 Å². The molecule has 0 radical (unpaired) electrons. The molecule has 0 aromatic heterocycles. The van der Waals surface area contributed by atoms with Crippen LogP contribution in [0.2, 0.25) is 0 Å². The van der Waals surface area contributed by atoms with Crippen LogP contribution in [0.3, 0.4) is 0 Å². The second-order valence-corrected chi connectivity index (χ2v) is 4.97. The Bertz CT molecular complexity index is 276. The van der Waals surface area contributed by atoms with Gasteiger partial charge in [0.25, 0.3) is 0 Å². The lowest BCUT2D eigenvalue weighted by Gasteiger charge is -2.14. The van der Waals surface area contributed by atoms with Crippen LogP contribution in [0, 0.1) is 5.92 Å². The van der Waals surface area contributed by atoms with E-state index in [0.29, 0.717) is 5.92 Å². The Kier molecular flexibility index (Phi) is 4.87. The van der Waals surface area contributed by atoms with Crippen LogP contribution < -0.4 is 0 Å². The van der Waals surface area contributed by atoms with Crippen molar-refractivity contribution in [2.45, 2.75) is 52.9 Å². The van der Waals surface area contributed by atoms with Gasteiger partial charge in [0, 0.05) is 0 Å². The molecule has 0 nitrogen and oxygen atoms in total. The van der Waals surface area contributed by atoms with Crippen molar-refractivity contribution in [3.05, 3.63) is 35.5 Å². The van der Waals surface area contributed by atoms with E-state index in [0.717, 1.165) is 12.8 Å². The van der Waals surface area contributed by atoms with Crippen LogP contribution in [0.25, 0.3) is 0 Å². The maximum Gasteiger partial charge on any atom is -0.0250 e. The van der Waals surface area contributed by atoms with Crippen molar-refractivity contribution >= 4 is 0 Å². The van der Waals surface area contributed by atoms with E-state index in [1.807, 2.05) is 0 Å². The van der Waals surface area contributed by atoms with Crippen LogP contribution in [-0.2, 0) is 0 Å². The molecule has 0 amide bonds. The van der Waals surface area contributed by atoms with Gasteiger partial charge in [0.05, 0.1) is 0 Å². The van der Waals surface area contributed by atoms with Gasteiger partial charge in [-0.05, 0) is 44.9 Å². The molecule has 1 aliphatic carbocycles. The normalized spacial score (nSPS) is 26.8. The van der Waals surface area contributed by atoms with Gasteiger partial charge in [-0.1, -0.05) is 49.3 Å². The minimum atomic E-state index is 0.672. The molecule has 0 bridgehead atoms. The summed E-state index contributed by atoms with van der Waals surface area (Å²) in [5, 5.41) is 0. The van der Waals surface area contributed by atoms with Crippen molar-refractivity contribution in [1.29, 1.82) is 0 Å². The average Bonchev–Trinajstić information content (AvgIpc) is 2.16. The standard InChI is InChI=1S/C15H24/c1-12(2)15-10-6-8-13(3)7-5-9-14(4)11-15/h7,11-12H,4-6,8-10H2,1-3H3/b13-7-,15-11+. The zero-order chi connectivity index (χ0) is 11.3. The fourth-order valence-electron chi connectivity index (χ4n) is 2.04. The van der Waals surface area contributed by atoms with Crippen LogP contribution in [0.4, 0.5) is 0 Å². The van der Waals surface area contributed by atoms with Gasteiger partial charge in [0.2, 0.25) is 0 Å². The minimum Gasteiger partial charge on any atom is -0.0958 e. The zero-order valence-corrected chi connectivity index (χ0v) is 10.5. The first-order chi connectivity index (χ1) is 7.09. The highest BCUT2D eigenvalue weighted by Crippen LogP contribution is 2.23. The van der Waals surface area contributed by atoms with Crippen molar-refractivity contribution in [1.82, 2.24) is 0 Å². The Hall–Kier alpha value is -0.780. The second-order valence-electron chi connectivity index (χ2n) is 4.97. The summed E-state index contributed by atoms with van der Waals surface area (Å²) in [6.07, 6.45) is 10.8. The third kappa shape index (κ3) is 4.51. The predicted molar refractivity (Wildman–Crippen MR) is 68.9 cm³/mol. The largest absolute Gasteiger partial charge is 0.0958 e. The molecule has 84 valence electrons. The second kappa shape index (κ2) is 5.95. The highest BCUT2D eigenvalue weighted by Gasteiger charge is 2.05. The summed E-state index contributed by atoms with van der Waals surface area (Å²) in [6.45, 7) is 11.0. The molecule has 0 spiro atoms. The van der Waals surface area contributed by atoms with Gasteiger partial charge in [-0.15, -0.1) is 0 Å². The monoisotopic (exact) mass is 204 g/mol. The lowest BCUT2D eigenvalue weighted by Crippen LogP contribution is -1.97. The van der Waals surface area contributed by atoms with E-state index >= 15 is 0 Å². The summed E-state index contributed by atoms with van der Waals surface area (Å²) >= 11 is 0. The predicted octanol–water partition coefficient (Wildman–Crippen LogP) is 5.04. The molecule has 0 aromatic rings. The molecule has 0 unspecified atom stereocenters. The summed E-state index contributed by atoms with van der Waals surface area (Å²) in [5.74, 6) is 0.672. The maximum absolute atomic E-state index is 4.14. The van der Waals surface area contributed by atoms with Gasteiger partial charge >= 0.3 is 0 Å². The Morgan fingerprint density at radius 3 is 2.60 bits per heavy atom. The van der Waals surface area contributed by atoms with Crippen LogP contribution >= 0.6 is 0 Å². The third-order valence-electron chi connectivity index (χ3n) is 3.13. The SMILES string of the molecule is C=C1/C=C(/C(C)C)CCC/C(C)=C\CC1. The van der Waals surface area contributed by atoms with Gasteiger partial charge in [-0.25, -0.2) is 0 Å². The van der Waals surface area contributed by atoms with Gasteiger partial charge < -0.3 is 0 Å². The summed E-state index contributed by atoms with van der Waals surface area (Å²) < 4.78 is 0. The number of hydrogen-bond donors (Lipinski definition) is 0. The quantitative estimate of drug-likeness (QED) is 0.525. The first-order valence-corrected chi connectivity index (χ1v) is 6.13. The lowest BCUT2D eigenvalue weighted by atomic mass is 9.92. The molecule has 1 rings (SSSR count). The third-order valence-corrected chi connectivity index (χ3v) is 3.13. The zero-order valence-electron chi connectivity index (χ0n) is 10.5. The summed E-state index contributed by atoms with van der Waals surface area (Å²) in [6, 6.07) is 0. The highest BCUT2D eigenvalue weighted by atomic mass is 14.1. The molecule has 0 atom stereocenters. The molecule has 1 aliphatic rings. The molecule has 0 fully saturated rings. The van der Waals surface area contributed by atoms with Crippen LogP contribution in [0.15, 0.2) is 35.5 Å². The van der Waals surface area contributed by atoms with E-state index < -0.39 is 0 Å². The maximum atomic E-state index is 4.14. The van der Waals surface area contributed by atoms with Crippen molar-refractivity contribution in [2.75, 3.05) is 0 Å². The first kappa shape index (κ1) is 12.3. The van der Waals surface area contributed by atoms with Gasteiger partial charge in [-0.2, -0.15) is 0 Å². The highest BCUT2D eigenvalue weighted by molar-refractivity contribution is 5.23. The molecule has 15 heavy (non-hydrogen) atoms. The Morgan fingerprint density at radius 1 is 1.20 bits per heavy atom. The van der Waals surface area contributed by atoms with Gasteiger partial charge in [-0.3, -0.25) is 0 Å². The number of hydrogen-bond acceptors (Lipinski definition) is 0. The van der Waals surface area contributed by atoms with Crippen LogP contribution in [-0.4, -0.2) is 0 Å². The number of rotatable bonds is 1. The van der Waals surface area contributed by atoms with E-state index in [2.05, 4.69) is 39.5 Å². The topological polar surface area (TPSA) is 0 Å². The van der Waals surface area contributed by atoms with Crippen LogP contribution in [0.5, 0.6) is 0 Å². The molecule has 0 saturated carbocycles. The van der Waals surface area contributed by atoms with Crippen molar-refractivity contribution in [3.8, 4) is 0 Å². The number of allylic oxidation sites excluding steroid dienone is 5.